The van der Waals surface area contributed by atoms with Gasteiger partial charge in [-0.05, 0) is 44.9 Å². The van der Waals surface area contributed by atoms with E-state index >= 15 is 0 Å². The SMILES string of the molecule is CCCCCCCCC/C=C/CC/C=C/CC/C=C/C(O)C(COC1OC(CO)C(O)C(OS(=O)(=O)O)C1O)NC(=O)C(O)CCCCCCCCCC. The lowest BCUT2D eigenvalue weighted by molar-refractivity contribution is -0.298. The summed E-state index contributed by atoms with van der Waals surface area (Å²) in [6.45, 7) is 3.11. The number of unbranched alkanes of at least 4 members (excludes halogenated alkanes) is 16. The van der Waals surface area contributed by atoms with E-state index in [2.05, 4.69) is 47.7 Å². The minimum atomic E-state index is -5.12. The normalized spacial score (nSPS) is 22.7. The first-order valence-corrected chi connectivity index (χ1v) is 21.8. The number of allylic oxidation sites excluding steroid dienone is 5. The van der Waals surface area contributed by atoms with Crippen molar-refractivity contribution in [1.82, 2.24) is 5.32 Å². The van der Waals surface area contributed by atoms with E-state index in [0.29, 0.717) is 12.8 Å². The number of carbonyl (C=O) groups excluding carboxylic acids is 1. The number of amides is 1. The summed E-state index contributed by atoms with van der Waals surface area (Å²) in [6.07, 6.45) is 22.6. The van der Waals surface area contributed by atoms with Crippen LogP contribution in [0.2, 0.25) is 0 Å². The molecule has 1 heterocycles. The van der Waals surface area contributed by atoms with E-state index in [1.807, 2.05) is 0 Å². The zero-order chi connectivity index (χ0) is 40.0. The average Bonchev–Trinajstić information content (AvgIpc) is 3.14. The molecule has 1 saturated heterocycles. The highest BCUT2D eigenvalue weighted by molar-refractivity contribution is 7.80. The van der Waals surface area contributed by atoms with Gasteiger partial charge >= 0.3 is 10.4 Å². The number of rotatable bonds is 33. The maximum Gasteiger partial charge on any atom is 0.397 e. The van der Waals surface area contributed by atoms with Crippen molar-refractivity contribution in [3.8, 4) is 0 Å². The molecular weight excluding hydrogens is 719 g/mol. The average molecular weight is 792 g/mol. The molecule has 1 aliphatic heterocycles. The predicted molar refractivity (Wildman–Crippen MR) is 210 cm³/mol. The Morgan fingerprint density at radius 2 is 1.24 bits per heavy atom. The van der Waals surface area contributed by atoms with Crippen molar-refractivity contribution in [2.24, 2.45) is 0 Å². The third kappa shape index (κ3) is 24.0. The van der Waals surface area contributed by atoms with E-state index in [0.717, 1.165) is 51.4 Å². The summed E-state index contributed by atoms with van der Waals surface area (Å²) >= 11 is 0. The molecule has 316 valence electrons. The topological polar surface area (TPSA) is 212 Å². The minimum absolute atomic E-state index is 0.233. The predicted octanol–water partition coefficient (Wildman–Crippen LogP) is 5.74. The van der Waals surface area contributed by atoms with Crippen LogP contribution in [0.5, 0.6) is 0 Å². The van der Waals surface area contributed by atoms with E-state index in [1.54, 1.807) is 6.08 Å². The third-order valence-corrected chi connectivity index (χ3v) is 9.97. The Morgan fingerprint density at radius 1 is 0.741 bits per heavy atom. The quantitative estimate of drug-likeness (QED) is 0.0241. The first kappa shape index (κ1) is 50.3. The number of hydrogen-bond donors (Lipinski definition) is 7. The number of hydrogen-bond acceptors (Lipinski definition) is 11. The van der Waals surface area contributed by atoms with Crippen LogP contribution >= 0.6 is 0 Å². The van der Waals surface area contributed by atoms with Gasteiger partial charge in [0, 0.05) is 0 Å². The highest BCUT2D eigenvalue weighted by Gasteiger charge is 2.48. The first-order chi connectivity index (χ1) is 25.9. The molecule has 8 atom stereocenters. The molecule has 1 fully saturated rings. The molecule has 0 bridgehead atoms. The monoisotopic (exact) mass is 791 g/mol. The number of carbonyl (C=O) groups is 1. The van der Waals surface area contributed by atoms with Gasteiger partial charge in [-0.3, -0.25) is 9.35 Å². The fraction of sp³-hybridized carbons (Fsp3) is 0.825. The molecule has 8 unspecified atom stereocenters. The van der Waals surface area contributed by atoms with Crippen molar-refractivity contribution in [3.05, 3.63) is 36.5 Å². The van der Waals surface area contributed by atoms with Gasteiger partial charge in [-0.1, -0.05) is 140 Å². The molecule has 0 radical (unpaired) electrons. The van der Waals surface area contributed by atoms with Crippen LogP contribution < -0.4 is 5.32 Å². The molecule has 54 heavy (non-hydrogen) atoms. The molecule has 7 N–H and O–H groups in total. The Hall–Kier alpha value is -1.72. The van der Waals surface area contributed by atoms with Gasteiger partial charge in [-0.15, -0.1) is 0 Å². The molecule has 1 amide bonds. The van der Waals surface area contributed by atoms with Gasteiger partial charge < -0.3 is 40.3 Å². The van der Waals surface area contributed by atoms with Crippen LogP contribution in [-0.4, -0.2) is 107 Å². The van der Waals surface area contributed by atoms with Crippen LogP contribution in [0.15, 0.2) is 36.5 Å². The van der Waals surface area contributed by atoms with Crippen LogP contribution in [0.3, 0.4) is 0 Å². The van der Waals surface area contributed by atoms with Crippen molar-refractivity contribution >= 4 is 16.3 Å². The molecule has 0 aromatic rings. The van der Waals surface area contributed by atoms with Crippen LogP contribution in [0.25, 0.3) is 0 Å². The Bertz CT molecular complexity index is 1130. The van der Waals surface area contributed by atoms with Gasteiger partial charge in [0.05, 0.1) is 25.4 Å². The van der Waals surface area contributed by atoms with Crippen LogP contribution in [0.1, 0.15) is 149 Å². The molecule has 0 aliphatic carbocycles. The summed E-state index contributed by atoms with van der Waals surface area (Å²) in [5, 5.41) is 54.8. The second kappa shape index (κ2) is 31.4. The van der Waals surface area contributed by atoms with E-state index in [1.165, 1.54) is 70.3 Å². The highest BCUT2D eigenvalue weighted by Crippen LogP contribution is 2.26. The molecule has 1 aliphatic rings. The molecule has 0 saturated carbocycles. The summed E-state index contributed by atoms with van der Waals surface area (Å²) in [5.41, 5.74) is 0. The smallest absolute Gasteiger partial charge is 0.394 e. The van der Waals surface area contributed by atoms with Crippen LogP contribution in [-0.2, 0) is 28.9 Å². The number of aliphatic hydroxyl groups excluding tert-OH is 5. The lowest BCUT2D eigenvalue weighted by Crippen LogP contribution is -2.61. The second-order valence-electron chi connectivity index (χ2n) is 14.3. The molecule has 0 aromatic carbocycles. The summed E-state index contributed by atoms with van der Waals surface area (Å²) in [4.78, 5) is 13.0. The standard InChI is InChI=1S/C40H73NO12S/c1-3-5-7-9-11-13-14-15-16-17-18-19-20-21-23-24-26-28-33(43)32(41-39(47)34(44)29-27-25-22-12-10-8-6-4-2)31-51-40-37(46)38(53-54(48,49)50)36(45)35(30-42)52-40/h16-17,20-21,26,28,32-38,40,42-46H,3-15,18-19,22-25,27,29-31H2,1-2H3,(H,41,47)(H,48,49,50)/b17-16+,21-20+,28-26+. The number of nitrogens with one attached hydrogen (secondary N) is 1. The number of aliphatic hydroxyl groups is 5. The Labute approximate surface area is 325 Å². The molecule has 13 nitrogen and oxygen atoms in total. The molecular formula is C40H73NO12S. The zero-order valence-electron chi connectivity index (χ0n) is 32.9. The maximum atomic E-state index is 13.0. The Kier molecular flexibility index (Phi) is 29.2. The first-order valence-electron chi connectivity index (χ1n) is 20.5. The molecule has 0 aromatic heterocycles. The van der Waals surface area contributed by atoms with E-state index in [9.17, 15) is 38.7 Å². The van der Waals surface area contributed by atoms with Crippen molar-refractivity contribution in [1.29, 1.82) is 0 Å². The van der Waals surface area contributed by atoms with E-state index in [4.69, 9.17) is 14.0 Å². The Morgan fingerprint density at radius 3 is 1.78 bits per heavy atom. The Balaban J connectivity index is 2.70. The van der Waals surface area contributed by atoms with Crippen molar-refractivity contribution in [3.63, 3.8) is 0 Å². The summed E-state index contributed by atoms with van der Waals surface area (Å²) in [6, 6.07) is -1.14. The van der Waals surface area contributed by atoms with Gasteiger partial charge in [0.25, 0.3) is 0 Å². The maximum absolute atomic E-state index is 13.0. The van der Waals surface area contributed by atoms with Gasteiger partial charge in [-0.2, -0.15) is 8.42 Å². The second-order valence-corrected chi connectivity index (χ2v) is 15.4. The molecule has 1 rings (SSSR count). The fourth-order valence-electron chi connectivity index (χ4n) is 6.20. The van der Waals surface area contributed by atoms with Crippen molar-refractivity contribution < 1.29 is 57.0 Å². The lowest BCUT2D eigenvalue weighted by atomic mass is 9.99. The van der Waals surface area contributed by atoms with Gasteiger partial charge in [0.15, 0.2) is 6.29 Å². The number of ether oxygens (including phenoxy) is 2. The molecule has 0 spiro atoms. The largest absolute Gasteiger partial charge is 0.397 e. The zero-order valence-corrected chi connectivity index (χ0v) is 33.7. The fourth-order valence-corrected chi connectivity index (χ4v) is 6.70. The summed E-state index contributed by atoms with van der Waals surface area (Å²) in [5.74, 6) is -0.722. The van der Waals surface area contributed by atoms with Crippen molar-refractivity contribution in [2.45, 2.75) is 198 Å². The van der Waals surface area contributed by atoms with Gasteiger partial charge in [-0.25, -0.2) is 4.18 Å². The summed E-state index contributed by atoms with van der Waals surface area (Å²) < 4.78 is 47.2. The van der Waals surface area contributed by atoms with E-state index in [-0.39, 0.29) is 6.42 Å². The van der Waals surface area contributed by atoms with Crippen molar-refractivity contribution in [2.75, 3.05) is 13.2 Å². The minimum Gasteiger partial charge on any atom is -0.394 e. The summed E-state index contributed by atoms with van der Waals surface area (Å²) in [7, 11) is -5.12. The lowest BCUT2D eigenvalue weighted by Gasteiger charge is -2.41. The molecule has 14 heteroatoms. The van der Waals surface area contributed by atoms with Gasteiger partial charge in [0.2, 0.25) is 5.91 Å². The van der Waals surface area contributed by atoms with Crippen LogP contribution in [0, 0.1) is 0 Å². The van der Waals surface area contributed by atoms with Crippen LogP contribution in [0.4, 0.5) is 0 Å². The van der Waals surface area contributed by atoms with E-state index < -0.39 is 78.5 Å². The third-order valence-electron chi connectivity index (χ3n) is 9.51. The highest BCUT2D eigenvalue weighted by atomic mass is 32.3. The van der Waals surface area contributed by atoms with Gasteiger partial charge in [0.1, 0.15) is 30.5 Å².